The van der Waals surface area contributed by atoms with Crippen molar-refractivity contribution in [3.05, 3.63) is 324 Å². The Labute approximate surface area is 651 Å². The summed E-state index contributed by atoms with van der Waals surface area (Å²) in [6, 6.07) is 20.2. The zero-order chi connectivity index (χ0) is 93.8. The quantitative estimate of drug-likeness (QED) is 0.0529. The van der Waals surface area contributed by atoms with Crippen molar-refractivity contribution in [3.63, 3.8) is 0 Å². The van der Waals surface area contributed by atoms with Crippen LogP contribution in [0.4, 0.5) is 0 Å². The minimum Gasteiger partial charge on any atom is -0.510 e. The number of aryl methyl sites for hydroxylation is 3. The second-order valence-electron chi connectivity index (χ2n) is 28.2. The summed E-state index contributed by atoms with van der Waals surface area (Å²) in [7, 11) is -5.71. The maximum Gasteiger partial charge on any atom is 0.268 e. The first kappa shape index (κ1) is 40.9. The van der Waals surface area contributed by atoms with Gasteiger partial charge in [-0.25, -0.2) is 4.98 Å². The standard InChI is InChI=1S/C94H82N4OSi.Pt/c1-62-29-27-30-63(2)89(62)66-55-82(65-53-68(93(6,7)8)57-69(54-65)94(9,10)11)90-84(56-66)79-42-24-22-40-77(79)76-39-21-23-41-78(76)83-51-64(48-50-100(73-33-15-12-16-34-73,74-35-17-13-18-36-74)75-37-19-14-20-38-75)52-87-91(83)97(90)61-96(87)70-31-28-32-71(59-70)99-72-45-46-81-80-43-25-26-44-85(80)98(86(81)60-72)88-58-67(47-49-95-88)92(3,4)5;/h12-47,49,51-58H,48,50H2,1-11H3;/q-2;/i1D3,2D3,12D,13D,14D,15D,16D,17D,18D,19D,20D,21D,22D,23D,24D,33D,34D,35D,36D,37D,38D,39D,40D,41D,42D;. The Morgan fingerprint density at radius 2 is 1.04 bits per heavy atom. The van der Waals surface area contributed by atoms with Crippen molar-refractivity contribution in [2.75, 3.05) is 0 Å². The number of aromatic nitrogens is 4. The van der Waals surface area contributed by atoms with Gasteiger partial charge in [-0.1, -0.05) is 273 Å². The van der Waals surface area contributed by atoms with Gasteiger partial charge in [-0.3, -0.25) is 4.57 Å². The van der Waals surface area contributed by atoms with Crippen LogP contribution in [0.3, 0.4) is 0 Å². The molecule has 3 aromatic heterocycles. The van der Waals surface area contributed by atoms with E-state index in [0.29, 0.717) is 16.9 Å². The molecule has 0 saturated carbocycles. The first-order chi connectivity index (χ1) is 60.2. The Balaban J connectivity index is 0.0000130. The molecule has 4 heterocycles. The van der Waals surface area contributed by atoms with Gasteiger partial charge < -0.3 is 13.9 Å². The first-order valence-electron chi connectivity index (χ1n) is 47.3. The fraction of sp³-hybridized carbons (Fsp3) is 0.170. The van der Waals surface area contributed by atoms with Gasteiger partial charge in [-0.15, -0.1) is 29.7 Å². The van der Waals surface area contributed by atoms with Crippen LogP contribution in [0, 0.1) is 32.2 Å². The Hall–Kier alpha value is -10.2. The molecule has 15 aromatic rings. The molecular weight excluding hydrogens is 1420 g/mol. The smallest absolute Gasteiger partial charge is 0.268 e. The van der Waals surface area contributed by atoms with Crippen LogP contribution in [0.15, 0.2) is 273 Å². The average Bonchev–Trinajstić information content (AvgIpc) is 1.21. The molecule has 0 aliphatic carbocycles. The van der Waals surface area contributed by atoms with Gasteiger partial charge in [0.2, 0.25) is 0 Å². The molecule has 5 nitrogen and oxygen atoms in total. The number of hydrogen-bond acceptors (Lipinski definition) is 2. The Morgan fingerprint density at radius 3 is 1.64 bits per heavy atom. The monoisotopic (exact) mass is 1530 g/mol. The van der Waals surface area contributed by atoms with Gasteiger partial charge in [0.15, 0.2) is 0 Å². The molecule has 0 bridgehead atoms. The minimum absolute atomic E-state index is 0. The van der Waals surface area contributed by atoms with Gasteiger partial charge in [0.05, 0.1) is 48.2 Å². The predicted octanol–water partition coefficient (Wildman–Crippen LogP) is 21.5. The molecular formula is C94H82N4OPtSi-2. The third-order valence-electron chi connectivity index (χ3n) is 18.8. The summed E-state index contributed by atoms with van der Waals surface area (Å²) in [5.74, 6) is 0.839. The number of nitrogens with zero attached hydrogens (tertiary/aromatic N) is 4. The van der Waals surface area contributed by atoms with Crippen molar-refractivity contribution >= 4 is 56.5 Å². The molecule has 1 aliphatic rings. The summed E-state index contributed by atoms with van der Waals surface area (Å²) in [6.07, 6.45) is 4.71. The molecule has 0 fully saturated rings. The Kier molecular flexibility index (Phi) is 10.5. The number of imidazole rings is 1. The first-order valence-corrected chi connectivity index (χ1v) is 35.0. The topological polar surface area (TPSA) is 35.9 Å². The number of rotatable bonds is 12. The fourth-order valence-electron chi connectivity index (χ4n) is 13.7. The zero-order valence-corrected chi connectivity index (χ0v) is 59.9. The average molecular weight is 1540 g/mol. The van der Waals surface area contributed by atoms with E-state index in [1.807, 2.05) is 107 Å². The molecule has 7 heteroatoms. The van der Waals surface area contributed by atoms with E-state index < -0.39 is 233 Å². The van der Waals surface area contributed by atoms with Gasteiger partial charge in [-0.2, -0.15) is 18.2 Å². The normalized spacial score (nSPS) is 16.6. The van der Waals surface area contributed by atoms with Crippen LogP contribution < -0.4 is 24.9 Å². The van der Waals surface area contributed by atoms with Crippen LogP contribution in [-0.2, 0) is 43.7 Å². The number of ether oxygens (including phenoxy) is 1. The van der Waals surface area contributed by atoms with Crippen LogP contribution in [-0.4, -0.2) is 22.2 Å². The summed E-state index contributed by atoms with van der Waals surface area (Å²) >= 11 is 0. The number of fused-ring (bicyclic) bond motifs is 10. The third-order valence-corrected chi connectivity index (χ3v) is 23.1. The van der Waals surface area contributed by atoms with Crippen molar-refractivity contribution in [1.29, 1.82) is 0 Å². The van der Waals surface area contributed by atoms with Crippen LogP contribution in [0.25, 0.3) is 106 Å². The molecule has 0 amide bonds. The van der Waals surface area contributed by atoms with Gasteiger partial charge in [0.25, 0.3) is 6.33 Å². The molecule has 0 unspecified atom stereocenters. The van der Waals surface area contributed by atoms with Gasteiger partial charge in [-0.05, 0) is 189 Å². The minimum atomic E-state index is -5.71. The molecule has 0 radical (unpaired) electrons. The maximum atomic E-state index is 10.5. The van der Waals surface area contributed by atoms with Crippen molar-refractivity contribution in [2.24, 2.45) is 0 Å². The summed E-state index contributed by atoms with van der Waals surface area (Å²) < 4.78 is 290. The van der Waals surface area contributed by atoms with Crippen molar-refractivity contribution < 1.29 is 70.1 Å². The SMILES string of the molecule is [2H]c1c([2H])c([2H])c([Si](CCc2cc3c4c(c2)n(-c2[c-]c(Oc5[c-]c6c(cc5)c5ccccc5n6-c5cc(C(C)(C)C)ccn5)ccc2)[c-][n+]4-c2c(-c4cc(C(C)(C)C)cc(C(C)(C)C)c4)cc(-c4c(C([2H])([2H])[2H])cccc4C([2H])([2H])[2H])cc2-c2c([2H])c([2H])c([2H])c([2H])c2-c2c([2H])c([2H])c([2H])c([2H])c2-3)(c2c([2H])c([2H])c([2H])c([2H])c2[2H])c2c([2H])c([2H])c([2H])c([2H])c2[2H])c([2H])c1[2H].[Pt]. The van der Waals surface area contributed by atoms with Gasteiger partial charge in [0.1, 0.15) is 13.9 Å². The van der Waals surface area contributed by atoms with Crippen molar-refractivity contribution in [2.45, 2.75) is 105 Å². The Morgan fingerprint density at radius 1 is 0.485 bits per heavy atom. The van der Waals surface area contributed by atoms with E-state index in [9.17, 15) is 27.4 Å². The summed E-state index contributed by atoms with van der Waals surface area (Å²) in [4.78, 5) is 4.87. The largest absolute Gasteiger partial charge is 0.510 e. The second kappa shape index (κ2) is 26.1. The van der Waals surface area contributed by atoms with E-state index >= 15 is 0 Å². The number of hydrogen-bond donors (Lipinski definition) is 0. The van der Waals surface area contributed by atoms with E-state index in [2.05, 4.69) is 39.2 Å². The molecule has 0 N–H and O–H groups in total. The molecule has 12 aromatic carbocycles. The van der Waals surface area contributed by atoms with Crippen LogP contribution in [0.1, 0.15) is 135 Å². The van der Waals surface area contributed by atoms with Crippen LogP contribution in [0.5, 0.6) is 11.5 Å². The number of benzene rings is 12. The molecule has 0 saturated heterocycles. The van der Waals surface area contributed by atoms with Gasteiger partial charge in [0, 0.05) is 52.5 Å². The van der Waals surface area contributed by atoms with Crippen molar-refractivity contribution in [1.82, 2.24) is 14.1 Å². The van der Waals surface area contributed by atoms with E-state index in [0.717, 1.165) is 33.0 Å². The van der Waals surface area contributed by atoms with E-state index in [1.165, 1.54) is 39.5 Å². The summed E-state index contributed by atoms with van der Waals surface area (Å²) in [5.41, 5.74) is -0.948. The molecule has 16 rings (SSSR count). The predicted molar refractivity (Wildman–Crippen MR) is 419 cm³/mol. The Bertz CT molecular complexity index is 7060. The van der Waals surface area contributed by atoms with E-state index in [-0.39, 0.29) is 93.8 Å². The van der Waals surface area contributed by atoms with Crippen molar-refractivity contribution in [3.8, 4) is 84.3 Å². The van der Waals surface area contributed by atoms with E-state index in [1.54, 1.807) is 42.6 Å². The molecule has 0 spiro atoms. The molecule has 500 valence electrons. The number of para-hydroxylation sites is 1. The molecule has 0 atom stereocenters. The maximum absolute atomic E-state index is 10.5. The third kappa shape index (κ3) is 12.0. The second-order valence-corrected chi connectivity index (χ2v) is 32.0. The van der Waals surface area contributed by atoms with Crippen LogP contribution >= 0.6 is 0 Å². The number of pyridine rings is 1. The molecule has 1 aliphatic heterocycles. The van der Waals surface area contributed by atoms with Crippen LogP contribution in [0.2, 0.25) is 6.04 Å². The van der Waals surface area contributed by atoms with Gasteiger partial charge >= 0.3 is 0 Å². The van der Waals surface area contributed by atoms with E-state index in [4.69, 9.17) is 22.1 Å². The zero-order valence-electron chi connectivity index (χ0n) is 85.6. The summed E-state index contributed by atoms with van der Waals surface area (Å²) in [5, 5.41) is -0.571. The summed E-state index contributed by atoms with van der Waals surface area (Å²) in [6.45, 7) is 12.1. The fourth-order valence-corrected chi connectivity index (χ4v) is 17.5. The molecule has 101 heavy (non-hydrogen) atoms.